The third-order valence-corrected chi connectivity index (χ3v) is 8.23. The Morgan fingerprint density at radius 2 is 1.77 bits per heavy atom. The number of aryl methyl sites for hydroxylation is 1. The van der Waals surface area contributed by atoms with E-state index in [1.54, 1.807) is 25.1 Å². The topological polar surface area (TPSA) is 95.6 Å². The summed E-state index contributed by atoms with van der Waals surface area (Å²) in [4.78, 5) is 26.3. The fourth-order valence-electron chi connectivity index (χ4n) is 4.89. The highest BCUT2D eigenvalue weighted by atomic mass is 32.2. The van der Waals surface area contributed by atoms with E-state index in [4.69, 9.17) is 0 Å². The van der Waals surface area contributed by atoms with Gasteiger partial charge >= 0.3 is 0 Å². The van der Waals surface area contributed by atoms with Crippen LogP contribution in [-0.4, -0.2) is 42.9 Å². The summed E-state index contributed by atoms with van der Waals surface area (Å²) in [6, 6.07) is 19.0. The van der Waals surface area contributed by atoms with Crippen LogP contribution in [0.3, 0.4) is 0 Å². The molecule has 4 rings (SSSR count). The predicted octanol–water partition coefficient (Wildman–Crippen LogP) is 4.39. The second kappa shape index (κ2) is 9.43. The lowest BCUT2D eigenvalue weighted by molar-refractivity contribution is -0.123. The maximum Gasteiger partial charge on any atom is 0.252 e. The van der Waals surface area contributed by atoms with Gasteiger partial charge in [0.25, 0.3) is 5.91 Å². The first-order chi connectivity index (χ1) is 16.5. The van der Waals surface area contributed by atoms with Gasteiger partial charge in [-0.1, -0.05) is 48.5 Å². The van der Waals surface area contributed by atoms with E-state index in [2.05, 4.69) is 10.6 Å². The fourth-order valence-corrected chi connectivity index (χ4v) is 6.25. The van der Waals surface area contributed by atoms with Gasteiger partial charge < -0.3 is 10.6 Å². The number of rotatable bonds is 6. The largest absolute Gasteiger partial charge is 0.345 e. The lowest BCUT2D eigenvalue weighted by Gasteiger charge is -2.31. The monoisotopic (exact) mass is 493 g/mol. The van der Waals surface area contributed by atoms with Gasteiger partial charge in [-0.2, -0.15) is 4.31 Å². The molecule has 1 fully saturated rings. The van der Waals surface area contributed by atoms with Gasteiger partial charge in [0.2, 0.25) is 15.9 Å². The van der Waals surface area contributed by atoms with E-state index in [9.17, 15) is 18.0 Å². The van der Waals surface area contributed by atoms with Crippen molar-refractivity contribution in [1.82, 2.24) is 9.62 Å². The minimum Gasteiger partial charge on any atom is -0.345 e. The average molecular weight is 494 g/mol. The van der Waals surface area contributed by atoms with Crippen LogP contribution in [0.4, 0.5) is 5.69 Å². The quantitative estimate of drug-likeness (QED) is 0.532. The van der Waals surface area contributed by atoms with Crippen LogP contribution in [0.15, 0.2) is 60.7 Å². The molecule has 0 bridgehead atoms. The number of carbonyl (C=O) groups is 2. The second-order valence-electron chi connectivity index (χ2n) is 9.46. The van der Waals surface area contributed by atoms with Crippen LogP contribution in [0.25, 0.3) is 10.8 Å². The van der Waals surface area contributed by atoms with Crippen molar-refractivity contribution in [2.24, 2.45) is 0 Å². The summed E-state index contributed by atoms with van der Waals surface area (Å²) in [7, 11) is -3.52. The first kappa shape index (κ1) is 24.9. The summed E-state index contributed by atoms with van der Waals surface area (Å²) in [6.45, 7) is 5.74. The standard InChI is InChI=1S/C27H31N3O4S/c1-18-13-14-21(29-26(32)27(3)15-8-16-30(27)35(4,33)34)17-24(18)25(31)28-19(2)22-12-7-10-20-9-5-6-11-23(20)22/h5-7,9-14,17,19H,8,15-16H2,1-4H3,(H,28,31)(H,29,32)/t19-,27+/m1/s1. The van der Waals surface area contributed by atoms with E-state index in [0.717, 1.165) is 28.2 Å². The number of amides is 2. The smallest absolute Gasteiger partial charge is 0.252 e. The molecule has 0 spiro atoms. The number of hydrogen-bond acceptors (Lipinski definition) is 4. The zero-order chi connectivity index (χ0) is 25.4. The van der Waals surface area contributed by atoms with Crippen molar-refractivity contribution in [3.63, 3.8) is 0 Å². The molecule has 3 aromatic rings. The highest BCUT2D eigenvalue weighted by molar-refractivity contribution is 7.88. The Kier molecular flexibility index (Phi) is 6.71. The second-order valence-corrected chi connectivity index (χ2v) is 11.4. The maximum absolute atomic E-state index is 13.2. The summed E-state index contributed by atoms with van der Waals surface area (Å²) < 4.78 is 25.6. The number of nitrogens with one attached hydrogen (secondary N) is 2. The molecule has 1 heterocycles. The van der Waals surface area contributed by atoms with Crippen LogP contribution < -0.4 is 10.6 Å². The SMILES string of the molecule is Cc1ccc(NC(=O)[C@]2(C)CCCN2S(C)(=O)=O)cc1C(=O)N[C@H](C)c1cccc2ccccc12. The third kappa shape index (κ3) is 4.94. The molecule has 0 aromatic heterocycles. The van der Waals surface area contributed by atoms with Crippen molar-refractivity contribution in [2.75, 3.05) is 18.1 Å². The first-order valence-corrected chi connectivity index (χ1v) is 13.5. The van der Waals surface area contributed by atoms with Crippen molar-refractivity contribution in [3.8, 4) is 0 Å². The van der Waals surface area contributed by atoms with Crippen LogP contribution in [0.1, 0.15) is 54.2 Å². The Balaban J connectivity index is 1.54. The average Bonchev–Trinajstić information content (AvgIpc) is 3.23. The molecule has 0 aliphatic carbocycles. The van der Waals surface area contributed by atoms with Crippen LogP contribution in [-0.2, 0) is 14.8 Å². The summed E-state index contributed by atoms with van der Waals surface area (Å²) in [6.07, 6.45) is 2.17. The van der Waals surface area contributed by atoms with Gasteiger partial charge in [0, 0.05) is 17.8 Å². The minimum absolute atomic E-state index is 0.230. The normalized spacial score (nSPS) is 19.4. The molecule has 184 valence electrons. The van der Waals surface area contributed by atoms with E-state index in [1.807, 2.05) is 56.3 Å². The van der Waals surface area contributed by atoms with Crippen LogP contribution in [0, 0.1) is 6.92 Å². The molecular weight excluding hydrogens is 462 g/mol. The number of nitrogens with zero attached hydrogens (tertiary/aromatic N) is 1. The Morgan fingerprint density at radius 3 is 2.51 bits per heavy atom. The van der Waals surface area contributed by atoms with Gasteiger partial charge in [0.15, 0.2) is 0 Å². The van der Waals surface area contributed by atoms with Gasteiger partial charge in [-0.05, 0) is 67.6 Å². The van der Waals surface area contributed by atoms with E-state index in [0.29, 0.717) is 30.6 Å². The molecule has 0 saturated carbocycles. The Morgan fingerprint density at radius 1 is 1.06 bits per heavy atom. The summed E-state index contributed by atoms with van der Waals surface area (Å²) in [5, 5.41) is 8.10. The van der Waals surface area contributed by atoms with Crippen molar-refractivity contribution < 1.29 is 18.0 Å². The van der Waals surface area contributed by atoms with Gasteiger partial charge in [0.05, 0.1) is 12.3 Å². The highest BCUT2D eigenvalue weighted by Crippen LogP contribution is 2.33. The van der Waals surface area contributed by atoms with Gasteiger partial charge in [0.1, 0.15) is 5.54 Å². The number of benzene rings is 3. The third-order valence-electron chi connectivity index (χ3n) is 6.84. The van der Waals surface area contributed by atoms with Crippen molar-refractivity contribution in [3.05, 3.63) is 77.4 Å². The highest BCUT2D eigenvalue weighted by Gasteiger charge is 2.47. The van der Waals surface area contributed by atoms with E-state index in [1.165, 1.54) is 4.31 Å². The molecule has 1 saturated heterocycles. The Labute approximate surface area is 206 Å². The van der Waals surface area contributed by atoms with Crippen LogP contribution in [0.2, 0.25) is 0 Å². The molecule has 0 radical (unpaired) electrons. The first-order valence-electron chi connectivity index (χ1n) is 11.7. The number of fused-ring (bicyclic) bond motifs is 1. The Hall–Kier alpha value is -3.23. The van der Waals surface area contributed by atoms with E-state index in [-0.39, 0.29) is 11.9 Å². The fraction of sp³-hybridized carbons (Fsp3) is 0.333. The van der Waals surface area contributed by atoms with Gasteiger partial charge in [-0.3, -0.25) is 9.59 Å². The lowest BCUT2D eigenvalue weighted by atomic mass is 9.98. The molecule has 7 nitrogen and oxygen atoms in total. The zero-order valence-electron chi connectivity index (χ0n) is 20.5. The molecule has 8 heteroatoms. The number of sulfonamides is 1. The summed E-state index contributed by atoms with van der Waals surface area (Å²) >= 11 is 0. The minimum atomic E-state index is -3.52. The molecule has 1 aliphatic rings. The van der Waals surface area contributed by atoms with Gasteiger partial charge in [-0.25, -0.2) is 8.42 Å². The summed E-state index contributed by atoms with van der Waals surface area (Å²) in [5.74, 6) is -0.649. The summed E-state index contributed by atoms with van der Waals surface area (Å²) in [5.41, 5.74) is 1.53. The number of anilines is 1. The Bertz CT molecular complexity index is 1400. The molecule has 2 N–H and O–H groups in total. The zero-order valence-corrected chi connectivity index (χ0v) is 21.3. The van der Waals surface area contributed by atoms with Crippen LogP contribution >= 0.6 is 0 Å². The molecule has 0 unspecified atom stereocenters. The molecular formula is C27H31N3O4S. The van der Waals surface area contributed by atoms with Crippen molar-refractivity contribution in [1.29, 1.82) is 0 Å². The number of hydrogen-bond donors (Lipinski definition) is 2. The maximum atomic E-state index is 13.2. The molecule has 35 heavy (non-hydrogen) atoms. The molecule has 2 atom stereocenters. The molecule has 1 aliphatic heterocycles. The van der Waals surface area contributed by atoms with Crippen molar-refractivity contribution >= 4 is 38.3 Å². The van der Waals surface area contributed by atoms with E-state index < -0.39 is 21.5 Å². The number of carbonyl (C=O) groups excluding carboxylic acids is 2. The van der Waals surface area contributed by atoms with Crippen molar-refractivity contribution in [2.45, 2.75) is 45.2 Å². The molecule has 3 aromatic carbocycles. The molecule has 2 amide bonds. The predicted molar refractivity (Wildman–Crippen MR) is 139 cm³/mol. The lowest BCUT2D eigenvalue weighted by Crippen LogP contribution is -2.52. The van der Waals surface area contributed by atoms with Gasteiger partial charge in [-0.15, -0.1) is 0 Å². The van der Waals surface area contributed by atoms with E-state index >= 15 is 0 Å². The van der Waals surface area contributed by atoms with Crippen LogP contribution in [0.5, 0.6) is 0 Å².